The Bertz CT molecular complexity index is 588. The van der Waals surface area contributed by atoms with Gasteiger partial charge < -0.3 is 15.2 Å². The number of allylic oxidation sites excluding steroid dienone is 3. The summed E-state index contributed by atoms with van der Waals surface area (Å²) in [6.45, 7) is 0.739. The number of benzene rings is 1. The third-order valence-corrected chi connectivity index (χ3v) is 3.59. The SMILES string of the molecule is COC1=C(N(C)Cc2ccccc2)C=CC(=[N+]=[N-])C1Cl. The summed E-state index contributed by atoms with van der Waals surface area (Å²) in [5, 5.41) is -0.580. The van der Waals surface area contributed by atoms with E-state index < -0.39 is 5.38 Å². The van der Waals surface area contributed by atoms with Gasteiger partial charge in [-0.1, -0.05) is 30.3 Å². The van der Waals surface area contributed by atoms with Crippen LogP contribution in [0.1, 0.15) is 5.56 Å². The predicted molar refractivity (Wildman–Crippen MR) is 79.4 cm³/mol. The lowest BCUT2D eigenvalue weighted by molar-refractivity contribution is -0.00645. The maximum absolute atomic E-state index is 8.90. The Kier molecular flexibility index (Phi) is 4.61. The molecule has 0 fully saturated rings. The van der Waals surface area contributed by atoms with Crippen molar-refractivity contribution in [2.24, 2.45) is 0 Å². The van der Waals surface area contributed by atoms with Gasteiger partial charge in [-0.15, -0.1) is 11.6 Å². The largest absolute Gasteiger partial charge is 0.497 e. The molecule has 4 nitrogen and oxygen atoms in total. The molecule has 5 heteroatoms. The van der Waals surface area contributed by atoms with Crippen molar-refractivity contribution in [2.45, 2.75) is 11.9 Å². The van der Waals surface area contributed by atoms with Gasteiger partial charge in [0.15, 0.2) is 5.38 Å². The molecule has 1 aromatic rings. The van der Waals surface area contributed by atoms with Crippen molar-refractivity contribution >= 4 is 17.3 Å². The molecule has 1 unspecified atom stereocenters. The second-order valence-electron chi connectivity index (χ2n) is 4.52. The normalized spacial score (nSPS) is 17.9. The predicted octanol–water partition coefficient (Wildman–Crippen LogP) is 2.82. The molecule has 1 aliphatic rings. The molecule has 104 valence electrons. The number of alkyl halides is 1. The summed E-state index contributed by atoms with van der Waals surface area (Å²) >= 11 is 6.24. The first kappa shape index (κ1) is 14.4. The molecule has 2 rings (SSSR count). The van der Waals surface area contributed by atoms with Gasteiger partial charge in [0.1, 0.15) is 5.76 Å². The highest BCUT2D eigenvalue weighted by Crippen LogP contribution is 2.25. The number of hydrogen-bond donors (Lipinski definition) is 0. The van der Waals surface area contributed by atoms with Crippen LogP contribution in [0.15, 0.2) is 53.9 Å². The molecule has 0 bridgehead atoms. The Morgan fingerprint density at radius 2 is 2.00 bits per heavy atom. The van der Waals surface area contributed by atoms with Gasteiger partial charge in [-0.3, -0.25) is 0 Å². The number of nitrogens with zero attached hydrogens (tertiary/aromatic N) is 3. The van der Waals surface area contributed by atoms with Gasteiger partial charge in [-0.05, 0) is 11.6 Å². The van der Waals surface area contributed by atoms with Crippen LogP contribution >= 0.6 is 11.6 Å². The van der Waals surface area contributed by atoms with Crippen molar-refractivity contribution in [3.8, 4) is 0 Å². The molecular formula is C15H16ClN3O. The average molecular weight is 290 g/mol. The Morgan fingerprint density at radius 3 is 2.60 bits per heavy atom. The number of methoxy groups -OCH3 is 1. The van der Waals surface area contributed by atoms with Crippen LogP contribution in [0.25, 0.3) is 5.53 Å². The summed E-state index contributed by atoms with van der Waals surface area (Å²) in [5.41, 5.74) is 11.3. The van der Waals surface area contributed by atoms with E-state index in [1.54, 1.807) is 13.2 Å². The maximum Gasteiger partial charge on any atom is 0.317 e. The monoisotopic (exact) mass is 289 g/mol. The van der Waals surface area contributed by atoms with Gasteiger partial charge in [0.2, 0.25) is 0 Å². The van der Waals surface area contributed by atoms with Crippen LogP contribution in [0.4, 0.5) is 0 Å². The van der Waals surface area contributed by atoms with Crippen LogP contribution in [0.3, 0.4) is 0 Å². The van der Waals surface area contributed by atoms with E-state index in [-0.39, 0.29) is 0 Å². The van der Waals surface area contributed by atoms with E-state index in [4.69, 9.17) is 21.9 Å². The van der Waals surface area contributed by atoms with Crippen LogP contribution in [0.2, 0.25) is 0 Å². The lowest BCUT2D eigenvalue weighted by Crippen LogP contribution is -2.28. The second kappa shape index (κ2) is 6.42. The molecule has 0 aliphatic heterocycles. The summed E-state index contributed by atoms with van der Waals surface area (Å²) in [6.07, 6.45) is 3.53. The lowest BCUT2D eigenvalue weighted by atomic mass is 10.1. The molecule has 0 spiro atoms. The summed E-state index contributed by atoms with van der Waals surface area (Å²) in [5.74, 6) is 0.584. The van der Waals surface area contributed by atoms with Gasteiger partial charge in [0.25, 0.3) is 0 Å². The Hall–Kier alpha value is -2.03. The molecule has 1 atom stereocenters. The van der Waals surface area contributed by atoms with E-state index in [0.29, 0.717) is 11.5 Å². The van der Waals surface area contributed by atoms with Crippen molar-refractivity contribution in [1.82, 2.24) is 4.90 Å². The minimum atomic E-state index is -0.580. The molecule has 0 amide bonds. The Labute approximate surface area is 123 Å². The van der Waals surface area contributed by atoms with Gasteiger partial charge in [-0.25, -0.2) is 0 Å². The van der Waals surface area contributed by atoms with Crippen LogP contribution in [0, 0.1) is 0 Å². The minimum Gasteiger partial charge on any atom is -0.497 e. The molecule has 0 radical (unpaired) electrons. The summed E-state index contributed by atoms with van der Waals surface area (Å²) in [4.78, 5) is 5.22. The van der Waals surface area contributed by atoms with Gasteiger partial charge in [0.05, 0.1) is 12.8 Å². The van der Waals surface area contributed by atoms with E-state index in [0.717, 1.165) is 12.2 Å². The van der Waals surface area contributed by atoms with Crippen molar-refractivity contribution < 1.29 is 9.53 Å². The Morgan fingerprint density at radius 1 is 1.30 bits per heavy atom. The quantitative estimate of drug-likeness (QED) is 0.486. The summed E-state index contributed by atoms with van der Waals surface area (Å²) < 4.78 is 5.37. The number of hydrogen-bond acceptors (Lipinski definition) is 2. The first-order valence-electron chi connectivity index (χ1n) is 6.24. The minimum absolute atomic E-state index is 0.375. The number of halogens is 1. The van der Waals surface area contributed by atoms with Crippen LogP contribution < -0.4 is 0 Å². The smallest absolute Gasteiger partial charge is 0.317 e. The van der Waals surface area contributed by atoms with Gasteiger partial charge in [0, 0.05) is 19.7 Å². The average Bonchev–Trinajstić information content (AvgIpc) is 2.47. The first-order valence-corrected chi connectivity index (χ1v) is 6.68. The first-order chi connectivity index (χ1) is 9.67. The van der Waals surface area contributed by atoms with Gasteiger partial charge >= 0.3 is 5.71 Å². The summed E-state index contributed by atoms with van der Waals surface area (Å²) in [6, 6.07) is 10.1. The zero-order valence-corrected chi connectivity index (χ0v) is 12.2. The highest BCUT2D eigenvalue weighted by Gasteiger charge is 2.31. The van der Waals surface area contributed by atoms with E-state index in [9.17, 15) is 0 Å². The number of likely N-dealkylation sites (N-methyl/N-ethyl adjacent to an activating group) is 1. The zero-order chi connectivity index (χ0) is 14.5. The number of rotatable bonds is 4. The molecule has 0 saturated heterocycles. The topological polar surface area (TPSA) is 48.9 Å². The highest BCUT2D eigenvalue weighted by atomic mass is 35.5. The molecule has 1 aromatic carbocycles. The van der Waals surface area contributed by atoms with E-state index >= 15 is 0 Å². The van der Waals surface area contributed by atoms with Crippen LogP contribution in [-0.4, -0.2) is 34.9 Å². The van der Waals surface area contributed by atoms with Crippen molar-refractivity contribution in [2.75, 3.05) is 14.2 Å². The third-order valence-electron chi connectivity index (χ3n) is 3.16. The molecule has 0 aromatic heterocycles. The maximum atomic E-state index is 8.90. The highest BCUT2D eigenvalue weighted by molar-refractivity contribution is 6.35. The van der Waals surface area contributed by atoms with Crippen molar-refractivity contribution in [1.29, 1.82) is 0 Å². The second-order valence-corrected chi connectivity index (χ2v) is 4.95. The molecule has 1 aliphatic carbocycles. The Balaban J connectivity index is 2.26. The molecule has 0 heterocycles. The number of ether oxygens (including phenoxy) is 1. The van der Waals surface area contributed by atoms with Crippen molar-refractivity contribution in [3.05, 3.63) is 65.0 Å². The molecule has 0 saturated carbocycles. The van der Waals surface area contributed by atoms with Crippen molar-refractivity contribution in [3.63, 3.8) is 0 Å². The van der Waals surface area contributed by atoms with E-state index in [1.807, 2.05) is 36.2 Å². The van der Waals surface area contributed by atoms with Gasteiger partial charge in [-0.2, -0.15) is 4.79 Å². The standard InChI is InChI=1S/C15H16ClN3O/c1-19(10-11-6-4-3-5-7-11)13-9-8-12(18-17)14(16)15(13)20-2/h3-9,14H,10H2,1-2H3. The fourth-order valence-electron chi connectivity index (χ4n) is 2.14. The molecule has 0 N–H and O–H groups in total. The molecular weight excluding hydrogens is 274 g/mol. The fraction of sp³-hybridized carbons (Fsp3) is 0.267. The van der Waals surface area contributed by atoms with Crippen LogP contribution in [-0.2, 0) is 11.3 Å². The van der Waals surface area contributed by atoms with E-state index in [1.165, 1.54) is 5.56 Å². The lowest BCUT2D eigenvalue weighted by Gasteiger charge is -2.25. The van der Waals surface area contributed by atoms with E-state index in [2.05, 4.69) is 16.9 Å². The van der Waals surface area contributed by atoms with Crippen LogP contribution in [0.5, 0.6) is 0 Å². The summed E-state index contributed by atoms with van der Waals surface area (Å²) in [7, 11) is 3.53. The fourth-order valence-corrected chi connectivity index (χ4v) is 2.46. The molecule has 20 heavy (non-hydrogen) atoms. The zero-order valence-electron chi connectivity index (χ0n) is 11.5. The third kappa shape index (κ3) is 2.93.